The number of fused-ring (bicyclic) bond motifs is 1. The second-order valence-electron chi connectivity index (χ2n) is 10.7. The number of aliphatic hydroxyl groups is 5. The summed E-state index contributed by atoms with van der Waals surface area (Å²) in [5.41, 5.74) is -1.09. The van der Waals surface area contributed by atoms with Crippen LogP contribution in [0.5, 0.6) is 28.7 Å². The van der Waals surface area contributed by atoms with Crippen LogP contribution < -0.4 is 10.2 Å². The maximum absolute atomic E-state index is 13.5. The molecule has 0 saturated carbocycles. The lowest BCUT2D eigenvalue weighted by Crippen LogP contribution is -2.58. The van der Waals surface area contributed by atoms with Crippen LogP contribution in [0.25, 0.3) is 22.3 Å². The maximum Gasteiger partial charge on any atom is 0.300 e. The van der Waals surface area contributed by atoms with Gasteiger partial charge in [-0.2, -0.15) is 0 Å². The second kappa shape index (κ2) is 14.1. The Morgan fingerprint density at radius 3 is 2.22 bits per heavy atom. The van der Waals surface area contributed by atoms with Crippen molar-refractivity contribution in [2.75, 3.05) is 6.61 Å². The van der Waals surface area contributed by atoms with Gasteiger partial charge in [-0.25, -0.2) is 0 Å². The third-order valence-corrected chi connectivity index (χ3v) is 7.17. The Bertz CT molecular complexity index is 1600. The molecule has 1 aromatic heterocycles. The van der Waals surface area contributed by atoms with Crippen molar-refractivity contribution in [3.8, 4) is 40.1 Å². The standard InChI is InChI=1S/C27H30O15.C2H4O2/c1-9-20(33)23(36)24(37)27(39-9)38-8-17-21(34)15(32)7-18(40-17)42-26-22(35)19-14(31)5-11(28)6-16(19)41-25(26)10-2-3-12(29)13(30)4-10;1-2(3)4/h2-6,9,15,17-18,20-21,23-24,27-34,36-37H,7-8H2,1H3;1H3,(H,3,4). The predicted molar refractivity (Wildman–Crippen MR) is 152 cm³/mol. The number of hydrogen-bond acceptors (Lipinski definition) is 16. The van der Waals surface area contributed by atoms with Crippen LogP contribution in [0.2, 0.25) is 0 Å². The van der Waals surface area contributed by atoms with Crippen LogP contribution in [0.1, 0.15) is 20.3 Å². The highest BCUT2D eigenvalue weighted by molar-refractivity contribution is 5.88. The maximum atomic E-state index is 13.5. The fourth-order valence-electron chi connectivity index (χ4n) is 4.83. The molecule has 2 aromatic carbocycles. The number of carboxylic acid groups (broad SMARTS) is 1. The van der Waals surface area contributed by atoms with Gasteiger partial charge in [0.2, 0.25) is 17.5 Å². The number of phenols is 4. The van der Waals surface area contributed by atoms with Crippen molar-refractivity contribution in [2.24, 2.45) is 0 Å². The number of aliphatic carboxylic acids is 1. The first-order chi connectivity index (χ1) is 21.6. The summed E-state index contributed by atoms with van der Waals surface area (Å²) in [5, 5.41) is 98.2. The summed E-state index contributed by atoms with van der Waals surface area (Å²) in [7, 11) is 0. The minimum absolute atomic E-state index is 0.0525. The lowest BCUT2D eigenvalue weighted by atomic mass is 9.99. The first-order valence-corrected chi connectivity index (χ1v) is 13.8. The molecular weight excluding hydrogens is 620 g/mol. The Kier molecular flexibility index (Phi) is 10.6. The summed E-state index contributed by atoms with van der Waals surface area (Å²) in [6, 6.07) is 5.49. The van der Waals surface area contributed by atoms with Crippen molar-refractivity contribution in [3.05, 3.63) is 40.6 Å². The highest BCUT2D eigenvalue weighted by Crippen LogP contribution is 2.39. The van der Waals surface area contributed by atoms with E-state index in [2.05, 4.69) is 0 Å². The molecule has 17 nitrogen and oxygen atoms in total. The monoisotopic (exact) mass is 654 g/mol. The Morgan fingerprint density at radius 1 is 0.891 bits per heavy atom. The van der Waals surface area contributed by atoms with Gasteiger partial charge in [0.15, 0.2) is 23.5 Å². The molecule has 252 valence electrons. The zero-order chi connectivity index (χ0) is 34.0. The van der Waals surface area contributed by atoms with Crippen LogP contribution in [0.3, 0.4) is 0 Å². The van der Waals surface area contributed by atoms with E-state index >= 15 is 0 Å². The molecule has 0 bridgehead atoms. The summed E-state index contributed by atoms with van der Waals surface area (Å²) >= 11 is 0. The lowest BCUT2D eigenvalue weighted by molar-refractivity contribution is -0.309. The zero-order valence-electron chi connectivity index (χ0n) is 24.3. The molecule has 3 aromatic rings. The second-order valence-corrected chi connectivity index (χ2v) is 10.7. The number of aromatic hydroxyl groups is 4. The van der Waals surface area contributed by atoms with Gasteiger partial charge in [-0.05, 0) is 25.1 Å². The van der Waals surface area contributed by atoms with E-state index in [0.717, 1.165) is 31.2 Å². The molecule has 0 spiro atoms. The summed E-state index contributed by atoms with van der Waals surface area (Å²) in [5.74, 6) is -3.69. The number of aliphatic hydroxyl groups excluding tert-OH is 5. The van der Waals surface area contributed by atoms with Gasteiger partial charge >= 0.3 is 0 Å². The molecule has 5 rings (SSSR count). The van der Waals surface area contributed by atoms with Gasteiger partial charge < -0.3 is 74.4 Å². The molecule has 0 aliphatic carbocycles. The van der Waals surface area contributed by atoms with Crippen LogP contribution in [0.4, 0.5) is 0 Å². The van der Waals surface area contributed by atoms with Crippen molar-refractivity contribution < 1.29 is 79.2 Å². The van der Waals surface area contributed by atoms with Crippen LogP contribution in [-0.4, -0.2) is 119 Å². The number of phenolic OH excluding ortho intramolecular Hbond substituents is 4. The van der Waals surface area contributed by atoms with E-state index in [1.54, 1.807) is 0 Å². The Morgan fingerprint density at radius 2 is 1.57 bits per heavy atom. The van der Waals surface area contributed by atoms with E-state index in [0.29, 0.717) is 0 Å². The zero-order valence-corrected chi connectivity index (χ0v) is 24.3. The highest BCUT2D eigenvalue weighted by atomic mass is 16.7. The molecule has 0 radical (unpaired) electrons. The van der Waals surface area contributed by atoms with Gasteiger partial charge in [-0.15, -0.1) is 0 Å². The van der Waals surface area contributed by atoms with Gasteiger partial charge in [0.05, 0.1) is 18.8 Å². The summed E-state index contributed by atoms with van der Waals surface area (Å²) in [6.07, 6.45) is -12.9. The van der Waals surface area contributed by atoms with Crippen molar-refractivity contribution in [3.63, 3.8) is 0 Å². The van der Waals surface area contributed by atoms with E-state index in [9.17, 15) is 50.8 Å². The van der Waals surface area contributed by atoms with E-state index in [1.165, 1.54) is 13.0 Å². The SMILES string of the molecule is CC(=O)O.CC1OC(OCC2OC(Oc3c(-c4ccc(O)c(O)c4)oc4cc(O)cc(O)c4c3=O)CC(O)C2O)C(O)C(O)C1O. The lowest BCUT2D eigenvalue weighted by Gasteiger charge is -2.41. The van der Waals surface area contributed by atoms with E-state index in [1.807, 2.05) is 0 Å². The van der Waals surface area contributed by atoms with Crippen molar-refractivity contribution >= 4 is 16.9 Å². The molecule has 2 aliphatic rings. The first-order valence-electron chi connectivity index (χ1n) is 13.8. The largest absolute Gasteiger partial charge is 0.508 e. The van der Waals surface area contributed by atoms with Crippen molar-refractivity contribution in [1.82, 2.24) is 0 Å². The summed E-state index contributed by atoms with van der Waals surface area (Å²) in [4.78, 5) is 22.5. The van der Waals surface area contributed by atoms with Gasteiger partial charge in [0, 0.05) is 31.0 Å². The first kappa shape index (κ1) is 34.7. The number of carbonyl (C=O) groups is 1. The van der Waals surface area contributed by atoms with Gasteiger partial charge in [0.25, 0.3) is 5.97 Å². The molecule has 2 aliphatic heterocycles. The quantitative estimate of drug-likeness (QED) is 0.149. The average molecular weight is 655 g/mol. The smallest absolute Gasteiger partial charge is 0.300 e. The van der Waals surface area contributed by atoms with Gasteiger partial charge in [0.1, 0.15) is 53.0 Å². The Hall–Kier alpha value is -4.20. The number of rotatable bonds is 6. The number of benzene rings is 2. The number of hydrogen-bond donors (Lipinski definition) is 10. The fourth-order valence-corrected chi connectivity index (χ4v) is 4.83. The highest BCUT2D eigenvalue weighted by Gasteiger charge is 2.44. The molecule has 0 amide bonds. The Labute approximate surface area is 259 Å². The topological polar surface area (TPSA) is 286 Å². The normalized spacial score (nSPS) is 29.5. The van der Waals surface area contributed by atoms with Crippen LogP contribution in [0, 0.1) is 0 Å². The van der Waals surface area contributed by atoms with E-state index in [-0.39, 0.29) is 28.7 Å². The molecule has 2 saturated heterocycles. The molecule has 17 heteroatoms. The molecule has 3 heterocycles. The molecule has 10 N–H and O–H groups in total. The van der Waals surface area contributed by atoms with Crippen molar-refractivity contribution in [1.29, 1.82) is 0 Å². The molecule has 46 heavy (non-hydrogen) atoms. The molecule has 9 unspecified atom stereocenters. The van der Waals surface area contributed by atoms with E-state index in [4.69, 9.17) is 33.3 Å². The minimum atomic E-state index is -1.63. The van der Waals surface area contributed by atoms with Crippen LogP contribution in [-0.2, 0) is 19.0 Å². The molecule has 9 atom stereocenters. The van der Waals surface area contributed by atoms with Crippen molar-refractivity contribution in [2.45, 2.75) is 75.6 Å². The average Bonchev–Trinajstić information content (AvgIpc) is 2.97. The molecule has 2 fully saturated rings. The van der Waals surface area contributed by atoms with Gasteiger partial charge in [-0.3, -0.25) is 9.59 Å². The van der Waals surface area contributed by atoms with Crippen LogP contribution >= 0.6 is 0 Å². The van der Waals surface area contributed by atoms with Crippen LogP contribution in [0.15, 0.2) is 39.5 Å². The number of ether oxygens (including phenoxy) is 4. The molecular formula is C29H34O17. The predicted octanol–water partition coefficient (Wildman–Crippen LogP) is -0.567. The van der Waals surface area contributed by atoms with Gasteiger partial charge in [-0.1, -0.05) is 0 Å². The third kappa shape index (κ3) is 7.43. The summed E-state index contributed by atoms with van der Waals surface area (Å²) in [6.45, 7) is 2.05. The minimum Gasteiger partial charge on any atom is -0.508 e. The third-order valence-electron chi connectivity index (χ3n) is 7.17. The Balaban J connectivity index is 0.00000113. The van der Waals surface area contributed by atoms with E-state index < -0.39 is 102 Å². The number of carboxylic acids is 1. The summed E-state index contributed by atoms with van der Waals surface area (Å²) < 4.78 is 28.2. The fraction of sp³-hybridized carbons (Fsp3) is 0.448.